The van der Waals surface area contributed by atoms with Gasteiger partial charge in [-0.25, -0.2) is 8.78 Å². The number of carboxylic acids is 2. The molecule has 2 aromatic rings. The Balaban J connectivity index is 0. The van der Waals surface area contributed by atoms with Gasteiger partial charge in [0.25, 0.3) is 0 Å². The van der Waals surface area contributed by atoms with E-state index in [1.165, 1.54) is 42.5 Å². The number of nitrogens with zero attached hydrogens (tertiary/aromatic N) is 1. The monoisotopic (exact) mass is 666 g/mol. The Kier molecular flexibility index (Phi) is 18.4. The largest absolute Gasteiger partial charge is 1.00 e. The van der Waals surface area contributed by atoms with Crippen molar-refractivity contribution in [2.75, 3.05) is 0 Å². The SMILES string of the molecule is C.CC(C)(F)C[C@H](N=C(c1ccccc1)C(F)(F)F)C(=O)[O-].CC(C)(F)C[C@H](N[C@@H](c1ccccc1)C(F)(F)F)C(=O)O.[K+]. The van der Waals surface area contributed by atoms with Crippen LogP contribution in [-0.2, 0) is 9.59 Å². The third kappa shape index (κ3) is 17.0. The van der Waals surface area contributed by atoms with Crippen LogP contribution in [-0.4, -0.2) is 58.5 Å². The van der Waals surface area contributed by atoms with Crippen LogP contribution in [0.25, 0.3) is 0 Å². The zero-order chi connectivity index (χ0) is 32.5. The molecular weight excluding hydrogens is 631 g/mol. The van der Waals surface area contributed by atoms with Crippen LogP contribution in [0.2, 0.25) is 0 Å². The number of carbonyl (C=O) groups excluding carboxylic acids is 1. The number of aliphatic imine (C=N–C) groups is 1. The Morgan fingerprint density at radius 1 is 0.818 bits per heavy atom. The number of benzene rings is 2. The summed E-state index contributed by atoms with van der Waals surface area (Å²) in [4.78, 5) is 25.2. The first-order chi connectivity index (χ1) is 19.0. The quantitative estimate of drug-likeness (QED) is 0.218. The fraction of sp³-hybridized carbons (Fsp3) is 0.483. The predicted molar refractivity (Wildman–Crippen MR) is 144 cm³/mol. The summed E-state index contributed by atoms with van der Waals surface area (Å²) < 4.78 is 105. The second-order valence-corrected chi connectivity index (χ2v) is 10.5. The summed E-state index contributed by atoms with van der Waals surface area (Å²) in [7, 11) is 0. The minimum absolute atomic E-state index is 0. The van der Waals surface area contributed by atoms with Crippen molar-refractivity contribution in [2.45, 2.75) is 89.8 Å². The number of carbonyl (C=O) groups is 2. The number of aliphatic carboxylic acids is 2. The first-order valence-corrected chi connectivity index (χ1v) is 12.4. The van der Waals surface area contributed by atoms with Gasteiger partial charge in [-0.1, -0.05) is 68.1 Å². The van der Waals surface area contributed by atoms with Gasteiger partial charge in [-0.05, 0) is 33.3 Å². The van der Waals surface area contributed by atoms with Crippen LogP contribution in [0.5, 0.6) is 0 Å². The minimum Gasteiger partial charge on any atom is -0.548 e. The molecule has 0 saturated carbocycles. The van der Waals surface area contributed by atoms with E-state index in [1.807, 2.05) is 5.32 Å². The van der Waals surface area contributed by atoms with Crippen LogP contribution in [0.4, 0.5) is 35.1 Å². The van der Waals surface area contributed by atoms with Crippen LogP contribution >= 0.6 is 0 Å². The number of carboxylic acid groups (broad SMARTS) is 2. The molecule has 2 aromatic carbocycles. The smallest absolute Gasteiger partial charge is 0.548 e. The van der Waals surface area contributed by atoms with Crippen molar-refractivity contribution >= 4 is 17.7 Å². The molecule has 0 heterocycles. The van der Waals surface area contributed by atoms with Crippen molar-refractivity contribution in [2.24, 2.45) is 4.99 Å². The average molecular weight is 667 g/mol. The second kappa shape index (κ2) is 18.3. The Hall–Kier alpha value is -1.91. The van der Waals surface area contributed by atoms with Crippen LogP contribution in [0.3, 0.4) is 0 Å². The maximum absolute atomic E-state index is 13.6. The molecule has 0 aliphatic rings. The van der Waals surface area contributed by atoms with Gasteiger partial charge in [0.2, 0.25) is 0 Å². The van der Waals surface area contributed by atoms with Crippen molar-refractivity contribution in [3.63, 3.8) is 0 Å². The predicted octanol–water partition coefficient (Wildman–Crippen LogP) is 3.41. The number of alkyl halides is 8. The van der Waals surface area contributed by atoms with E-state index in [1.54, 1.807) is 6.07 Å². The van der Waals surface area contributed by atoms with Gasteiger partial charge in [0.1, 0.15) is 29.1 Å². The molecule has 0 aliphatic heterocycles. The molecule has 0 spiro atoms. The van der Waals surface area contributed by atoms with Crippen LogP contribution in [0, 0.1) is 0 Å². The van der Waals surface area contributed by atoms with Gasteiger partial charge in [-0.2, -0.15) is 26.3 Å². The first kappa shape index (κ1) is 44.2. The Morgan fingerprint density at radius 2 is 1.25 bits per heavy atom. The van der Waals surface area contributed by atoms with E-state index >= 15 is 0 Å². The van der Waals surface area contributed by atoms with Crippen molar-refractivity contribution in [1.82, 2.24) is 5.32 Å². The molecule has 0 unspecified atom stereocenters. The molecule has 0 fully saturated rings. The summed E-state index contributed by atoms with van der Waals surface area (Å²) in [6.45, 7) is 4.37. The summed E-state index contributed by atoms with van der Waals surface area (Å²) >= 11 is 0. The Morgan fingerprint density at radius 3 is 1.59 bits per heavy atom. The van der Waals surface area contributed by atoms with Gasteiger partial charge in [0, 0.05) is 18.4 Å². The zero-order valence-electron chi connectivity index (χ0n) is 24.1. The summed E-state index contributed by atoms with van der Waals surface area (Å²) in [5.74, 6) is -3.37. The van der Waals surface area contributed by atoms with Crippen LogP contribution in [0.15, 0.2) is 65.7 Å². The van der Waals surface area contributed by atoms with E-state index < -0.39 is 72.3 Å². The topological polar surface area (TPSA) is 102 Å². The molecule has 6 nitrogen and oxygen atoms in total. The molecule has 2 N–H and O–H groups in total. The summed E-state index contributed by atoms with van der Waals surface area (Å²) in [6.07, 6.45) is -10.8. The van der Waals surface area contributed by atoms with Crippen molar-refractivity contribution in [3.05, 3.63) is 71.8 Å². The normalized spacial score (nSPS) is 14.5. The van der Waals surface area contributed by atoms with Gasteiger partial charge in [0.15, 0.2) is 0 Å². The van der Waals surface area contributed by atoms with Gasteiger partial charge in [-0.3, -0.25) is 15.1 Å². The molecule has 242 valence electrons. The fourth-order valence-electron chi connectivity index (χ4n) is 3.63. The van der Waals surface area contributed by atoms with E-state index in [2.05, 4.69) is 4.99 Å². The molecule has 0 aliphatic carbocycles. The zero-order valence-corrected chi connectivity index (χ0v) is 27.2. The van der Waals surface area contributed by atoms with Gasteiger partial charge in [-0.15, -0.1) is 0 Å². The van der Waals surface area contributed by atoms with Gasteiger partial charge in [0.05, 0.1) is 12.0 Å². The molecular formula is C29H35F8KN2O4. The number of rotatable bonds is 11. The van der Waals surface area contributed by atoms with Crippen LogP contribution < -0.4 is 61.8 Å². The average Bonchev–Trinajstić information content (AvgIpc) is 2.82. The molecule has 15 heteroatoms. The molecule has 0 saturated heterocycles. The number of halogens is 8. The third-order valence-corrected chi connectivity index (χ3v) is 5.37. The molecule has 0 bridgehead atoms. The molecule has 2 rings (SSSR count). The Labute approximate surface area is 293 Å². The maximum Gasteiger partial charge on any atom is 1.00 e. The van der Waals surface area contributed by atoms with E-state index in [0.717, 1.165) is 39.8 Å². The maximum atomic E-state index is 13.6. The summed E-state index contributed by atoms with van der Waals surface area (Å²) in [5, 5.41) is 21.9. The fourth-order valence-corrected chi connectivity index (χ4v) is 3.63. The number of nitrogens with one attached hydrogen (secondary N) is 1. The van der Waals surface area contributed by atoms with Crippen molar-refractivity contribution < 1.29 is 106 Å². The van der Waals surface area contributed by atoms with Crippen LogP contribution in [0.1, 0.15) is 65.1 Å². The standard InChI is InChI=1S/C14H17F4NO2.C14H15F4NO2.CH4.K/c2*1-13(2,15)8-10(12(20)21)19-11(14(16,17)18)9-6-4-3-5-7-9;;/h3-7,10-11,19H,8H2,1-2H3,(H,20,21);3-7,10H,8H2,1-2H3,(H,20,21);1H4;/q;;;+1/p-1/t10-,11-;10-;;/m00../s1. The number of hydrogen-bond donors (Lipinski definition) is 2. The Bertz CT molecular complexity index is 1180. The van der Waals surface area contributed by atoms with Gasteiger partial charge < -0.3 is 15.0 Å². The molecule has 0 radical (unpaired) electrons. The third-order valence-electron chi connectivity index (χ3n) is 5.37. The van der Waals surface area contributed by atoms with E-state index in [0.29, 0.717) is 0 Å². The first-order valence-electron chi connectivity index (χ1n) is 12.4. The van der Waals surface area contributed by atoms with E-state index in [4.69, 9.17) is 5.11 Å². The van der Waals surface area contributed by atoms with Gasteiger partial charge >= 0.3 is 69.7 Å². The number of hydrogen-bond acceptors (Lipinski definition) is 5. The van der Waals surface area contributed by atoms with E-state index in [9.17, 15) is 49.8 Å². The summed E-state index contributed by atoms with van der Waals surface area (Å²) in [6, 6.07) is 7.70. The summed E-state index contributed by atoms with van der Waals surface area (Å²) in [5.41, 5.74) is -5.65. The molecule has 0 aromatic heterocycles. The molecule has 3 atom stereocenters. The van der Waals surface area contributed by atoms with E-state index in [-0.39, 0.29) is 69.9 Å². The minimum atomic E-state index is -4.85. The molecule has 44 heavy (non-hydrogen) atoms. The van der Waals surface area contributed by atoms with Crippen molar-refractivity contribution in [1.29, 1.82) is 0 Å². The second-order valence-electron chi connectivity index (χ2n) is 10.5. The van der Waals surface area contributed by atoms with Crippen molar-refractivity contribution in [3.8, 4) is 0 Å². The molecule has 0 amide bonds.